The molecule has 0 spiro atoms. The van der Waals surface area contributed by atoms with Crippen LogP contribution in [0.15, 0.2) is 18.2 Å². The fourth-order valence-corrected chi connectivity index (χ4v) is 2.93. The lowest BCUT2D eigenvalue weighted by molar-refractivity contribution is 0.0933. The van der Waals surface area contributed by atoms with E-state index in [2.05, 4.69) is 31.3 Å². The van der Waals surface area contributed by atoms with Crippen LogP contribution in [-0.2, 0) is 12.8 Å². The normalized spacial score (nSPS) is 15.8. The van der Waals surface area contributed by atoms with E-state index in [0.717, 1.165) is 24.8 Å². The van der Waals surface area contributed by atoms with E-state index < -0.39 is 0 Å². The van der Waals surface area contributed by atoms with Crippen LogP contribution < -0.4 is 11.1 Å². The molecule has 0 aromatic heterocycles. The van der Waals surface area contributed by atoms with Crippen molar-refractivity contribution in [1.29, 1.82) is 0 Å². The first-order valence-corrected chi connectivity index (χ1v) is 7.73. The Morgan fingerprint density at radius 2 is 1.95 bits per heavy atom. The zero-order valence-electron chi connectivity index (χ0n) is 12.6. The van der Waals surface area contributed by atoms with Gasteiger partial charge in [0.15, 0.2) is 0 Å². The van der Waals surface area contributed by atoms with E-state index in [0.29, 0.717) is 12.5 Å². The first-order chi connectivity index (χ1) is 9.60. The van der Waals surface area contributed by atoms with Crippen LogP contribution in [0, 0.1) is 5.92 Å². The van der Waals surface area contributed by atoms with Gasteiger partial charge in [0.2, 0.25) is 0 Å². The standard InChI is InChI=1S/C17H26N2O/c1-12(2)9-16(11-18)19-17(20)15-8-7-13-5-3-4-6-14(13)10-15/h7-8,10,12,16H,3-6,9,11,18H2,1-2H3,(H,19,20). The van der Waals surface area contributed by atoms with E-state index in [1.165, 1.54) is 24.0 Å². The molecule has 0 radical (unpaired) electrons. The highest BCUT2D eigenvalue weighted by molar-refractivity contribution is 5.94. The van der Waals surface area contributed by atoms with Gasteiger partial charge in [-0.15, -0.1) is 0 Å². The summed E-state index contributed by atoms with van der Waals surface area (Å²) in [6, 6.07) is 6.19. The van der Waals surface area contributed by atoms with Gasteiger partial charge in [0, 0.05) is 18.2 Å². The van der Waals surface area contributed by atoms with Crippen LogP contribution in [-0.4, -0.2) is 18.5 Å². The minimum absolute atomic E-state index is 0.00877. The molecule has 3 heteroatoms. The summed E-state index contributed by atoms with van der Waals surface area (Å²) in [4.78, 5) is 12.3. The van der Waals surface area contributed by atoms with Crippen molar-refractivity contribution >= 4 is 5.91 Å². The van der Waals surface area contributed by atoms with Crippen LogP contribution in [0.25, 0.3) is 0 Å². The zero-order chi connectivity index (χ0) is 14.5. The largest absolute Gasteiger partial charge is 0.348 e. The highest BCUT2D eigenvalue weighted by atomic mass is 16.1. The molecule has 3 N–H and O–H groups in total. The number of carbonyl (C=O) groups is 1. The molecule has 0 heterocycles. The van der Waals surface area contributed by atoms with E-state index >= 15 is 0 Å². The van der Waals surface area contributed by atoms with E-state index in [-0.39, 0.29) is 11.9 Å². The van der Waals surface area contributed by atoms with Crippen molar-refractivity contribution in [3.8, 4) is 0 Å². The molecule has 1 aromatic carbocycles. The molecule has 1 atom stereocenters. The van der Waals surface area contributed by atoms with Crippen LogP contribution in [0.5, 0.6) is 0 Å². The Morgan fingerprint density at radius 3 is 2.60 bits per heavy atom. The third kappa shape index (κ3) is 3.83. The van der Waals surface area contributed by atoms with Crippen LogP contribution in [0.2, 0.25) is 0 Å². The zero-order valence-corrected chi connectivity index (χ0v) is 12.6. The molecular weight excluding hydrogens is 248 g/mol. The summed E-state index contributed by atoms with van der Waals surface area (Å²) in [5.74, 6) is 0.543. The molecule has 1 aliphatic carbocycles. The fraction of sp³-hybridized carbons (Fsp3) is 0.588. The van der Waals surface area contributed by atoms with Gasteiger partial charge in [-0.25, -0.2) is 0 Å². The molecule has 0 bridgehead atoms. The van der Waals surface area contributed by atoms with Crippen molar-refractivity contribution in [2.75, 3.05) is 6.54 Å². The molecule has 20 heavy (non-hydrogen) atoms. The first kappa shape index (κ1) is 15.0. The van der Waals surface area contributed by atoms with Crippen molar-refractivity contribution < 1.29 is 4.79 Å². The number of aryl methyl sites for hydroxylation is 2. The fourth-order valence-electron chi connectivity index (χ4n) is 2.93. The number of hydrogen-bond acceptors (Lipinski definition) is 2. The Morgan fingerprint density at radius 1 is 1.25 bits per heavy atom. The Hall–Kier alpha value is -1.35. The molecular formula is C17H26N2O. The van der Waals surface area contributed by atoms with Crippen LogP contribution in [0.1, 0.15) is 54.6 Å². The summed E-state index contributed by atoms with van der Waals surface area (Å²) >= 11 is 0. The summed E-state index contributed by atoms with van der Waals surface area (Å²) in [5.41, 5.74) is 9.27. The van der Waals surface area contributed by atoms with Crippen molar-refractivity contribution in [3.05, 3.63) is 34.9 Å². The van der Waals surface area contributed by atoms with Gasteiger partial charge in [0.05, 0.1) is 0 Å². The molecule has 0 aliphatic heterocycles. The third-order valence-electron chi connectivity index (χ3n) is 3.99. The van der Waals surface area contributed by atoms with E-state index in [9.17, 15) is 4.79 Å². The quantitative estimate of drug-likeness (QED) is 0.867. The Bertz CT molecular complexity index is 468. The van der Waals surface area contributed by atoms with Gasteiger partial charge in [-0.1, -0.05) is 19.9 Å². The predicted octanol–water partition coefficient (Wildman–Crippen LogP) is 2.67. The average Bonchev–Trinajstić information content (AvgIpc) is 2.45. The lowest BCUT2D eigenvalue weighted by Gasteiger charge is -2.20. The van der Waals surface area contributed by atoms with Gasteiger partial charge in [0.1, 0.15) is 0 Å². The van der Waals surface area contributed by atoms with E-state index in [1.54, 1.807) is 0 Å². The number of nitrogens with one attached hydrogen (secondary N) is 1. The van der Waals surface area contributed by atoms with Gasteiger partial charge >= 0.3 is 0 Å². The molecule has 1 aromatic rings. The van der Waals surface area contributed by atoms with Crippen molar-refractivity contribution in [3.63, 3.8) is 0 Å². The number of nitrogens with two attached hydrogens (primary N) is 1. The molecule has 1 unspecified atom stereocenters. The molecule has 110 valence electrons. The molecule has 2 rings (SSSR count). The highest BCUT2D eigenvalue weighted by Crippen LogP contribution is 2.22. The van der Waals surface area contributed by atoms with Crippen LogP contribution >= 0.6 is 0 Å². The topological polar surface area (TPSA) is 55.1 Å². The Labute approximate surface area is 121 Å². The number of amides is 1. The summed E-state index contributed by atoms with van der Waals surface area (Å²) in [5, 5.41) is 3.06. The maximum Gasteiger partial charge on any atom is 0.251 e. The van der Waals surface area contributed by atoms with Gasteiger partial charge < -0.3 is 11.1 Å². The third-order valence-corrected chi connectivity index (χ3v) is 3.99. The van der Waals surface area contributed by atoms with Crippen molar-refractivity contribution in [2.45, 2.75) is 52.0 Å². The maximum atomic E-state index is 12.3. The van der Waals surface area contributed by atoms with Crippen LogP contribution in [0.3, 0.4) is 0 Å². The number of fused-ring (bicyclic) bond motifs is 1. The van der Waals surface area contributed by atoms with E-state index in [4.69, 9.17) is 5.73 Å². The second kappa shape index (κ2) is 6.89. The van der Waals surface area contributed by atoms with Crippen molar-refractivity contribution in [1.82, 2.24) is 5.32 Å². The molecule has 0 saturated heterocycles. The number of carbonyl (C=O) groups excluding carboxylic acids is 1. The number of benzene rings is 1. The summed E-state index contributed by atoms with van der Waals surface area (Å²) in [6.45, 7) is 4.79. The second-order valence-corrected chi connectivity index (χ2v) is 6.23. The SMILES string of the molecule is CC(C)CC(CN)NC(=O)c1ccc2c(c1)CCCC2. The minimum atomic E-state index is 0.00877. The first-order valence-electron chi connectivity index (χ1n) is 7.73. The molecule has 1 amide bonds. The van der Waals surface area contributed by atoms with Crippen molar-refractivity contribution in [2.24, 2.45) is 11.7 Å². The van der Waals surface area contributed by atoms with Gasteiger partial charge in [0.25, 0.3) is 5.91 Å². The summed E-state index contributed by atoms with van der Waals surface area (Å²) < 4.78 is 0. The van der Waals surface area contributed by atoms with Gasteiger partial charge in [-0.2, -0.15) is 0 Å². The highest BCUT2D eigenvalue weighted by Gasteiger charge is 2.16. The predicted molar refractivity (Wildman–Crippen MR) is 82.8 cm³/mol. The molecule has 1 aliphatic rings. The Balaban J connectivity index is 2.05. The van der Waals surface area contributed by atoms with Crippen LogP contribution in [0.4, 0.5) is 0 Å². The molecule has 0 fully saturated rings. The Kier molecular flexibility index (Phi) is 5.18. The molecule has 3 nitrogen and oxygen atoms in total. The molecule has 0 saturated carbocycles. The van der Waals surface area contributed by atoms with Gasteiger partial charge in [-0.05, 0) is 61.3 Å². The maximum absolute atomic E-state index is 12.3. The van der Waals surface area contributed by atoms with E-state index in [1.807, 2.05) is 6.07 Å². The smallest absolute Gasteiger partial charge is 0.251 e. The average molecular weight is 274 g/mol. The lowest BCUT2D eigenvalue weighted by atomic mass is 9.90. The number of rotatable bonds is 5. The lowest BCUT2D eigenvalue weighted by Crippen LogP contribution is -2.41. The monoisotopic (exact) mass is 274 g/mol. The summed E-state index contributed by atoms with van der Waals surface area (Å²) in [6.07, 6.45) is 5.67. The summed E-state index contributed by atoms with van der Waals surface area (Å²) in [7, 11) is 0. The minimum Gasteiger partial charge on any atom is -0.348 e. The number of hydrogen-bond donors (Lipinski definition) is 2. The van der Waals surface area contributed by atoms with Gasteiger partial charge in [-0.3, -0.25) is 4.79 Å². The second-order valence-electron chi connectivity index (χ2n) is 6.23.